The van der Waals surface area contributed by atoms with Crippen molar-refractivity contribution in [3.05, 3.63) is 84.4 Å². The lowest BCUT2D eigenvalue weighted by atomic mass is 10.2. The van der Waals surface area contributed by atoms with Crippen molar-refractivity contribution in [3.8, 4) is 5.75 Å². The summed E-state index contributed by atoms with van der Waals surface area (Å²) in [5.41, 5.74) is 3.22. The summed E-state index contributed by atoms with van der Waals surface area (Å²) < 4.78 is 35.6. The van der Waals surface area contributed by atoms with E-state index in [4.69, 9.17) is 9.72 Å². The van der Waals surface area contributed by atoms with E-state index >= 15 is 0 Å². The Kier molecular flexibility index (Phi) is 6.26. The minimum Gasteiger partial charge on any atom is -0.494 e. The smallest absolute Gasteiger partial charge is 0.243 e. The summed E-state index contributed by atoms with van der Waals surface area (Å²) in [6.45, 7) is 5.12. The lowest BCUT2D eigenvalue weighted by Crippen LogP contribution is -2.49. The van der Waals surface area contributed by atoms with Crippen LogP contribution in [-0.2, 0) is 16.6 Å². The Bertz CT molecular complexity index is 1360. The SMILES string of the molecule is CCOc1ccc(S(=O)(=O)N2CCN(c3nc4ccccc4n3Cc3ccccc3)CC2)cc1. The molecule has 3 aromatic carbocycles. The van der Waals surface area contributed by atoms with Crippen molar-refractivity contribution in [2.45, 2.75) is 18.4 Å². The Morgan fingerprint density at radius 3 is 2.24 bits per heavy atom. The summed E-state index contributed by atoms with van der Waals surface area (Å²) in [6.07, 6.45) is 0. The zero-order valence-electron chi connectivity index (χ0n) is 19.2. The highest BCUT2D eigenvalue weighted by Crippen LogP contribution is 2.27. The molecule has 4 aromatic rings. The normalized spacial score (nSPS) is 15.0. The van der Waals surface area contributed by atoms with Gasteiger partial charge in [-0.25, -0.2) is 13.4 Å². The quantitative estimate of drug-likeness (QED) is 0.403. The fourth-order valence-corrected chi connectivity index (χ4v) is 5.80. The van der Waals surface area contributed by atoms with Crippen LogP contribution in [0.2, 0.25) is 0 Å². The van der Waals surface area contributed by atoms with Gasteiger partial charge in [-0.1, -0.05) is 42.5 Å². The number of aromatic nitrogens is 2. The van der Waals surface area contributed by atoms with Crippen molar-refractivity contribution < 1.29 is 13.2 Å². The first-order valence-corrected chi connectivity index (χ1v) is 13.0. The predicted octanol–water partition coefficient (Wildman–Crippen LogP) is 3.99. The minimum atomic E-state index is -3.56. The number of fused-ring (bicyclic) bond motifs is 1. The van der Waals surface area contributed by atoms with Crippen molar-refractivity contribution in [1.29, 1.82) is 0 Å². The first kappa shape index (κ1) is 22.4. The van der Waals surface area contributed by atoms with Crippen LogP contribution in [0.5, 0.6) is 5.75 Å². The van der Waals surface area contributed by atoms with Crippen LogP contribution in [0.15, 0.2) is 83.8 Å². The first-order chi connectivity index (χ1) is 16.6. The summed E-state index contributed by atoms with van der Waals surface area (Å²) in [5, 5.41) is 0. The molecule has 0 aliphatic carbocycles. The molecule has 0 bridgehead atoms. The van der Waals surface area contributed by atoms with E-state index in [1.54, 1.807) is 28.6 Å². The first-order valence-electron chi connectivity index (χ1n) is 11.5. The van der Waals surface area contributed by atoms with Crippen molar-refractivity contribution in [2.24, 2.45) is 0 Å². The number of imidazole rings is 1. The van der Waals surface area contributed by atoms with E-state index in [1.165, 1.54) is 5.56 Å². The van der Waals surface area contributed by atoms with E-state index in [2.05, 4.69) is 27.7 Å². The van der Waals surface area contributed by atoms with Crippen LogP contribution < -0.4 is 9.64 Å². The lowest BCUT2D eigenvalue weighted by molar-refractivity contribution is 0.340. The zero-order valence-corrected chi connectivity index (χ0v) is 20.0. The number of anilines is 1. The third-order valence-electron chi connectivity index (χ3n) is 6.11. The molecular formula is C26H28N4O3S. The van der Waals surface area contributed by atoms with Gasteiger partial charge in [-0.3, -0.25) is 0 Å². The number of hydrogen-bond acceptors (Lipinski definition) is 5. The maximum atomic E-state index is 13.2. The van der Waals surface area contributed by atoms with E-state index in [0.717, 1.165) is 17.0 Å². The Hall–Kier alpha value is -3.36. The Morgan fingerprint density at radius 2 is 1.53 bits per heavy atom. The number of para-hydroxylation sites is 2. The van der Waals surface area contributed by atoms with Gasteiger partial charge in [-0.05, 0) is 48.9 Å². The highest BCUT2D eigenvalue weighted by molar-refractivity contribution is 7.89. The molecule has 1 aliphatic rings. The Balaban J connectivity index is 1.36. The molecule has 1 aromatic heterocycles. The van der Waals surface area contributed by atoms with Gasteiger partial charge >= 0.3 is 0 Å². The van der Waals surface area contributed by atoms with Gasteiger partial charge in [-0.2, -0.15) is 4.31 Å². The predicted molar refractivity (Wildman–Crippen MR) is 134 cm³/mol. The molecule has 8 heteroatoms. The average Bonchev–Trinajstić information content (AvgIpc) is 3.24. The molecule has 1 aliphatic heterocycles. The van der Waals surface area contributed by atoms with Crippen molar-refractivity contribution in [3.63, 3.8) is 0 Å². The number of sulfonamides is 1. The summed E-state index contributed by atoms with van der Waals surface area (Å²) in [5.74, 6) is 1.55. The molecule has 34 heavy (non-hydrogen) atoms. The molecule has 7 nitrogen and oxygen atoms in total. The second-order valence-corrected chi connectivity index (χ2v) is 10.2. The molecule has 0 saturated carbocycles. The van der Waals surface area contributed by atoms with Crippen molar-refractivity contribution >= 4 is 27.0 Å². The van der Waals surface area contributed by atoms with Gasteiger partial charge in [0.1, 0.15) is 5.75 Å². The van der Waals surface area contributed by atoms with Crippen LogP contribution in [0, 0.1) is 0 Å². The molecule has 0 unspecified atom stereocenters. The third kappa shape index (κ3) is 4.38. The maximum absolute atomic E-state index is 13.2. The van der Waals surface area contributed by atoms with Gasteiger partial charge in [0.15, 0.2) is 0 Å². The number of hydrogen-bond donors (Lipinski definition) is 0. The lowest BCUT2D eigenvalue weighted by Gasteiger charge is -2.34. The molecule has 0 amide bonds. The van der Waals surface area contributed by atoms with Crippen LogP contribution in [0.25, 0.3) is 11.0 Å². The van der Waals surface area contributed by atoms with Crippen LogP contribution >= 0.6 is 0 Å². The van der Waals surface area contributed by atoms with Gasteiger partial charge in [0.25, 0.3) is 0 Å². The van der Waals surface area contributed by atoms with Crippen LogP contribution in [0.3, 0.4) is 0 Å². The van der Waals surface area contributed by atoms with Gasteiger partial charge < -0.3 is 14.2 Å². The maximum Gasteiger partial charge on any atom is 0.243 e. The fourth-order valence-electron chi connectivity index (χ4n) is 4.38. The molecule has 176 valence electrons. The van der Waals surface area contributed by atoms with Crippen LogP contribution in [0.1, 0.15) is 12.5 Å². The summed E-state index contributed by atoms with van der Waals surface area (Å²) in [7, 11) is -3.56. The number of nitrogens with zero attached hydrogens (tertiary/aromatic N) is 4. The Labute approximate surface area is 200 Å². The molecule has 2 heterocycles. The number of benzene rings is 3. The molecule has 0 spiro atoms. The number of piperazine rings is 1. The van der Waals surface area contributed by atoms with Crippen molar-refractivity contribution in [1.82, 2.24) is 13.9 Å². The molecule has 5 rings (SSSR count). The highest BCUT2D eigenvalue weighted by Gasteiger charge is 2.30. The van der Waals surface area contributed by atoms with E-state index in [9.17, 15) is 8.42 Å². The van der Waals surface area contributed by atoms with Gasteiger partial charge in [0.05, 0.1) is 29.1 Å². The monoisotopic (exact) mass is 476 g/mol. The average molecular weight is 477 g/mol. The summed E-state index contributed by atoms with van der Waals surface area (Å²) in [6, 6.07) is 25.1. The molecule has 1 saturated heterocycles. The largest absolute Gasteiger partial charge is 0.494 e. The van der Waals surface area contributed by atoms with Gasteiger partial charge in [0.2, 0.25) is 16.0 Å². The molecular weight excluding hydrogens is 448 g/mol. The van der Waals surface area contributed by atoms with E-state index in [1.807, 2.05) is 43.3 Å². The van der Waals surface area contributed by atoms with E-state index in [-0.39, 0.29) is 0 Å². The Morgan fingerprint density at radius 1 is 0.853 bits per heavy atom. The fraction of sp³-hybridized carbons (Fsp3) is 0.269. The topological polar surface area (TPSA) is 67.7 Å². The van der Waals surface area contributed by atoms with E-state index < -0.39 is 10.0 Å². The second-order valence-electron chi connectivity index (χ2n) is 8.27. The number of ether oxygens (including phenoxy) is 1. The molecule has 0 N–H and O–H groups in total. The molecule has 0 atom stereocenters. The summed E-state index contributed by atoms with van der Waals surface area (Å²) >= 11 is 0. The zero-order chi connectivity index (χ0) is 23.5. The molecule has 1 fully saturated rings. The number of rotatable bonds is 7. The van der Waals surface area contributed by atoms with E-state index in [0.29, 0.717) is 50.0 Å². The second kappa shape index (κ2) is 9.48. The molecule has 0 radical (unpaired) electrons. The standard InChI is InChI=1S/C26H28N4O3S/c1-2-33-22-12-14-23(15-13-22)34(31,32)29-18-16-28(17-19-29)26-27-24-10-6-7-11-25(24)30(26)20-21-8-4-3-5-9-21/h3-15H,2,16-20H2,1H3. The van der Waals surface area contributed by atoms with Crippen molar-refractivity contribution in [2.75, 3.05) is 37.7 Å². The van der Waals surface area contributed by atoms with Crippen LogP contribution in [0.4, 0.5) is 5.95 Å². The summed E-state index contributed by atoms with van der Waals surface area (Å²) in [4.78, 5) is 7.39. The minimum absolute atomic E-state index is 0.292. The van der Waals surface area contributed by atoms with Gasteiger partial charge in [-0.15, -0.1) is 0 Å². The van der Waals surface area contributed by atoms with Crippen LogP contribution in [-0.4, -0.2) is 55.1 Å². The van der Waals surface area contributed by atoms with Gasteiger partial charge in [0, 0.05) is 26.2 Å². The highest BCUT2D eigenvalue weighted by atomic mass is 32.2. The third-order valence-corrected chi connectivity index (χ3v) is 8.02.